The van der Waals surface area contributed by atoms with Crippen LogP contribution in [0.3, 0.4) is 0 Å². The molecule has 6 nitrogen and oxygen atoms in total. The van der Waals surface area contributed by atoms with E-state index in [1.807, 2.05) is 36.1 Å². The molecule has 2 fully saturated rings. The van der Waals surface area contributed by atoms with Crippen molar-refractivity contribution in [3.05, 3.63) is 47.7 Å². The van der Waals surface area contributed by atoms with Gasteiger partial charge in [0, 0.05) is 19.0 Å². The second kappa shape index (κ2) is 9.84. The summed E-state index contributed by atoms with van der Waals surface area (Å²) in [7, 11) is 0. The van der Waals surface area contributed by atoms with Crippen molar-refractivity contribution in [1.29, 1.82) is 0 Å². The lowest BCUT2D eigenvalue weighted by atomic mass is 10.0. The van der Waals surface area contributed by atoms with Crippen molar-refractivity contribution in [1.82, 2.24) is 15.3 Å². The van der Waals surface area contributed by atoms with Gasteiger partial charge in [-0.25, -0.2) is 14.4 Å². The number of unbranched alkanes of at least 4 members (excludes halogenated alkanes) is 1. The number of aromatic nitrogens is 2. The van der Waals surface area contributed by atoms with Crippen LogP contribution >= 0.6 is 0 Å². The van der Waals surface area contributed by atoms with Crippen molar-refractivity contribution < 1.29 is 13.9 Å². The first-order valence-corrected chi connectivity index (χ1v) is 11.8. The molecule has 2 heterocycles. The number of aryl methyl sites for hydroxylation is 1. The first-order chi connectivity index (χ1) is 15.5. The van der Waals surface area contributed by atoms with E-state index in [-0.39, 0.29) is 23.7 Å². The Balaban J connectivity index is 1.32. The maximum atomic E-state index is 14.9. The van der Waals surface area contributed by atoms with Gasteiger partial charge >= 0.3 is 0 Å². The topological polar surface area (TPSA) is 67.3 Å². The summed E-state index contributed by atoms with van der Waals surface area (Å²) < 4.78 is 21.0. The van der Waals surface area contributed by atoms with E-state index >= 15 is 0 Å². The second-order valence-electron chi connectivity index (χ2n) is 9.15. The number of carbonyl (C=O) groups excluding carboxylic acids is 1. The number of amides is 1. The van der Waals surface area contributed by atoms with E-state index in [0.717, 1.165) is 37.0 Å². The number of hydrogen-bond donors (Lipinski definition) is 1. The minimum Gasteiger partial charge on any atom is -0.489 e. The summed E-state index contributed by atoms with van der Waals surface area (Å²) in [5, 5.41) is 3.10. The van der Waals surface area contributed by atoms with Crippen molar-refractivity contribution in [2.75, 3.05) is 18.0 Å². The molecule has 1 aliphatic heterocycles. The highest BCUT2D eigenvalue weighted by atomic mass is 19.1. The molecule has 1 amide bonds. The number of benzene rings is 1. The van der Waals surface area contributed by atoms with Gasteiger partial charge < -0.3 is 15.0 Å². The molecule has 1 aromatic carbocycles. The number of nitrogens with one attached hydrogen (secondary N) is 1. The number of rotatable bonds is 9. The van der Waals surface area contributed by atoms with Crippen LogP contribution in [0, 0.1) is 11.7 Å². The quantitative estimate of drug-likeness (QED) is 0.632. The fourth-order valence-corrected chi connectivity index (χ4v) is 4.16. The maximum absolute atomic E-state index is 14.9. The Hall–Kier alpha value is -2.70. The summed E-state index contributed by atoms with van der Waals surface area (Å²) in [6.07, 6.45) is 5.84. The molecule has 2 aliphatic rings. The summed E-state index contributed by atoms with van der Waals surface area (Å²) in [6, 6.07) is 8.06. The third kappa shape index (κ3) is 5.19. The Morgan fingerprint density at radius 2 is 2.06 bits per heavy atom. The molecule has 7 heteroatoms. The van der Waals surface area contributed by atoms with Gasteiger partial charge in [0.1, 0.15) is 18.2 Å². The number of ether oxygens (including phenoxy) is 1. The molecule has 4 rings (SSSR count). The van der Waals surface area contributed by atoms with Gasteiger partial charge in [0.05, 0.1) is 18.2 Å². The Kier molecular flexibility index (Phi) is 6.92. The SMILES string of the molecule is CCCCc1ncnc(N2CC[C@@H](Oc3ccc(C(C)C(=O)NC4CC4C)cc3)C2)c1F. The molecule has 1 aliphatic carbocycles. The van der Waals surface area contributed by atoms with Crippen LogP contribution < -0.4 is 15.0 Å². The zero-order valence-electron chi connectivity index (χ0n) is 19.2. The van der Waals surface area contributed by atoms with Crippen LogP contribution in [0.15, 0.2) is 30.6 Å². The average molecular weight is 441 g/mol. The van der Waals surface area contributed by atoms with Crippen LogP contribution in [0.1, 0.15) is 63.6 Å². The largest absolute Gasteiger partial charge is 0.489 e. The molecule has 172 valence electrons. The van der Waals surface area contributed by atoms with Crippen LogP contribution in [0.25, 0.3) is 0 Å². The molecule has 3 unspecified atom stereocenters. The van der Waals surface area contributed by atoms with Crippen LogP contribution in [0.5, 0.6) is 5.75 Å². The molecular formula is C25H33FN4O2. The van der Waals surface area contributed by atoms with Gasteiger partial charge in [0.2, 0.25) is 5.91 Å². The first kappa shape index (κ1) is 22.5. The summed E-state index contributed by atoms with van der Waals surface area (Å²) in [6.45, 7) is 7.44. The van der Waals surface area contributed by atoms with Crippen molar-refractivity contribution in [3.8, 4) is 5.75 Å². The van der Waals surface area contributed by atoms with Crippen LogP contribution in [-0.4, -0.2) is 41.1 Å². The van der Waals surface area contributed by atoms with Crippen LogP contribution in [0.4, 0.5) is 10.2 Å². The fourth-order valence-electron chi connectivity index (χ4n) is 4.16. The third-order valence-corrected chi connectivity index (χ3v) is 6.57. The number of hydrogen-bond acceptors (Lipinski definition) is 5. The molecule has 1 aromatic heterocycles. The van der Waals surface area contributed by atoms with Crippen molar-refractivity contribution in [2.45, 2.75) is 70.9 Å². The Morgan fingerprint density at radius 3 is 2.75 bits per heavy atom. The van der Waals surface area contributed by atoms with Crippen LogP contribution in [0.2, 0.25) is 0 Å². The Labute approximate surface area is 189 Å². The summed E-state index contributed by atoms with van der Waals surface area (Å²) in [4.78, 5) is 22.6. The molecule has 32 heavy (non-hydrogen) atoms. The van der Waals surface area contributed by atoms with Crippen molar-refractivity contribution >= 4 is 11.7 Å². The molecule has 0 spiro atoms. The zero-order valence-corrected chi connectivity index (χ0v) is 19.2. The minimum atomic E-state index is -0.307. The van der Waals surface area contributed by atoms with Gasteiger partial charge in [-0.1, -0.05) is 32.4 Å². The molecular weight excluding hydrogens is 407 g/mol. The predicted molar refractivity (Wildman–Crippen MR) is 122 cm³/mol. The fraction of sp³-hybridized carbons (Fsp3) is 0.560. The van der Waals surface area contributed by atoms with E-state index in [4.69, 9.17) is 4.74 Å². The second-order valence-corrected chi connectivity index (χ2v) is 9.15. The molecule has 0 bridgehead atoms. The van der Waals surface area contributed by atoms with E-state index in [0.29, 0.717) is 43.0 Å². The smallest absolute Gasteiger partial charge is 0.227 e. The van der Waals surface area contributed by atoms with Gasteiger partial charge in [0.25, 0.3) is 0 Å². The molecule has 0 radical (unpaired) electrons. The lowest BCUT2D eigenvalue weighted by Gasteiger charge is -2.19. The molecule has 2 aromatic rings. The summed E-state index contributed by atoms with van der Waals surface area (Å²) in [5.41, 5.74) is 1.46. The number of carbonyl (C=O) groups is 1. The lowest BCUT2D eigenvalue weighted by Crippen LogP contribution is -2.30. The summed E-state index contributed by atoms with van der Waals surface area (Å²) >= 11 is 0. The Morgan fingerprint density at radius 1 is 1.31 bits per heavy atom. The van der Waals surface area contributed by atoms with Crippen LogP contribution in [-0.2, 0) is 11.2 Å². The molecule has 1 saturated heterocycles. The number of nitrogens with zero attached hydrogens (tertiary/aromatic N) is 3. The third-order valence-electron chi connectivity index (χ3n) is 6.57. The highest BCUT2D eigenvalue weighted by Crippen LogP contribution is 2.30. The first-order valence-electron chi connectivity index (χ1n) is 11.8. The molecule has 1 saturated carbocycles. The normalized spacial score (nSPS) is 23.1. The Bertz CT molecular complexity index is 936. The highest BCUT2D eigenvalue weighted by molar-refractivity contribution is 5.83. The molecule has 1 N–H and O–H groups in total. The maximum Gasteiger partial charge on any atom is 0.227 e. The standard InChI is InChI=1S/C25H33FN4O2/c1-4-5-6-21-23(26)24(28-15-27-21)30-12-11-20(14-30)32-19-9-7-18(8-10-19)17(3)25(31)29-22-13-16(22)2/h7-10,15-17,20,22H,4-6,11-14H2,1-3H3,(H,29,31)/t16?,17?,20-,22?/m1/s1. The van der Waals surface area contributed by atoms with Gasteiger partial charge in [-0.3, -0.25) is 4.79 Å². The van der Waals surface area contributed by atoms with E-state index in [2.05, 4.69) is 29.1 Å². The van der Waals surface area contributed by atoms with E-state index in [1.54, 1.807) is 0 Å². The minimum absolute atomic E-state index is 0.0358. The van der Waals surface area contributed by atoms with E-state index < -0.39 is 0 Å². The summed E-state index contributed by atoms with van der Waals surface area (Å²) in [5.74, 6) is 1.30. The number of anilines is 1. The number of halogens is 1. The van der Waals surface area contributed by atoms with E-state index in [9.17, 15) is 9.18 Å². The van der Waals surface area contributed by atoms with Gasteiger partial charge in [-0.15, -0.1) is 0 Å². The van der Waals surface area contributed by atoms with Gasteiger partial charge in [-0.05, 0) is 49.8 Å². The molecule has 4 atom stereocenters. The van der Waals surface area contributed by atoms with E-state index in [1.165, 1.54) is 6.33 Å². The van der Waals surface area contributed by atoms with Gasteiger partial charge in [-0.2, -0.15) is 0 Å². The average Bonchev–Trinajstić information content (AvgIpc) is 3.29. The highest BCUT2D eigenvalue weighted by Gasteiger charge is 2.35. The zero-order chi connectivity index (χ0) is 22.7. The predicted octanol–water partition coefficient (Wildman–Crippen LogP) is 4.24. The lowest BCUT2D eigenvalue weighted by molar-refractivity contribution is -0.122. The van der Waals surface area contributed by atoms with Crippen molar-refractivity contribution in [2.24, 2.45) is 5.92 Å². The monoisotopic (exact) mass is 440 g/mol. The van der Waals surface area contributed by atoms with Gasteiger partial charge in [0.15, 0.2) is 11.6 Å². The van der Waals surface area contributed by atoms with Crippen molar-refractivity contribution in [3.63, 3.8) is 0 Å².